The van der Waals surface area contributed by atoms with Gasteiger partial charge < -0.3 is 10.2 Å². The Hall–Kier alpha value is -2.91. The largest absolute Gasteiger partial charge is 0.352 e. The minimum Gasteiger partial charge on any atom is -0.352 e. The number of anilines is 1. The van der Waals surface area contributed by atoms with Crippen LogP contribution in [0.1, 0.15) is 50.2 Å². The van der Waals surface area contributed by atoms with Crippen LogP contribution in [0.15, 0.2) is 54.6 Å². The van der Waals surface area contributed by atoms with Crippen molar-refractivity contribution in [2.75, 3.05) is 24.9 Å². The third-order valence-corrected chi connectivity index (χ3v) is 8.44. The normalized spacial score (nSPS) is 15.0. The van der Waals surface area contributed by atoms with Crippen LogP contribution in [0.25, 0.3) is 0 Å². The number of para-hydroxylation sites is 1. The van der Waals surface area contributed by atoms with Crippen molar-refractivity contribution >= 4 is 27.7 Å². The highest BCUT2D eigenvalue weighted by Crippen LogP contribution is 2.22. The average Bonchev–Trinajstić information content (AvgIpc) is 3.36. The van der Waals surface area contributed by atoms with Crippen molar-refractivity contribution < 1.29 is 18.0 Å². The first kappa shape index (κ1) is 27.7. The van der Waals surface area contributed by atoms with Crippen LogP contribution in [0, 0.1) is 6.92 Å². The molecule has 0 saturated heterocycles. The summed E-state index contributed by atoms with van der Waals surface area (Å²) >= 11 is 0. The zero-order chi connectivity index (χ0) is 26.3. The number of rotatable bonds is 11. The Balaban J connectivity index is 1.94. The number of carbonyl (C=O) groups is 2. The molecule has 1 N–H and O–H groups in total. The van der Waals surface area contributed by atoms with E-state index in [0.29, 0.717) is 12.1 Å². The number of nitrogens with zero attached hydrogens (tertiary/aromatic N) is 3. The molecule has 0 aliphatic heterocycles. The van der Waals surface area contributed by atoms with Gasteiger partial charge in [-0.25, -0.2) is 4.31 Å². The number of benzene rings is 2. The first-order valence-corrected chi connectivity index (χ1v) is 13.9. The zero-order valence-electron chi connectivity index (χ0n) is 21.7. The maximum Gasteiger partial charge on any atom is 0.304 e. The molecule has 1 aliphatic carbocycles. The second kappa shape index (κ2) is 12.4. The molecule has 1 atom stereocenters. The molecule has 2 amide bonds. The molecule has 0 radical (unpaired) electrons. The Morgan fingerprint density at radius 1 is 1.00 bits per heavy atom. The van der Waals surface area contributed by atoms with E-state index in [4.69, 9.17) is 0 Å². The highest BCUT2D eigenvalue weighted by Gasteiger charge is 2.34. The molecule has 9 heteroatoms. The first-order chi connectivity index (χ1) is 17.1. The number of hydrogen-bond donors (Lipinski definition) is 1. The molecule has 1 aliphatic rings. The van der Waals surface area contributed by atoms with E-state index in [2.05, 4.69) is 5.32 Å². The van der Waals surface area contributed by atoms with Crippen molar-refractivity contribution in [1.29, 1.82) is 0 Å². The third-order valence-electron chi connectivity index (χ3n) is 6.62. The van der Waals surface area contributed by atoms with Gasteiger partial charge in [-0.3, -0.25) is 9.59 Å². The lowest BCUT2D eigenvalue weighted by molar-refractivity contribution is -0.140. The quantitative estimate of drug-likeness (QED) is 0.497. The molecule has 2 aromatic rings. The molecule has 2 aromatic carbocycles. The molecule has 0 heterocycles. The van der Waals surface area contributed by atoms with Crippen LogP contribution < -0.4 is 9.62 Å². The summed E-state index contributed by atoms with van der Waals surface area (Å²) < 4.78 is 28.6. The van der Waals surface area contributed by atoms with Crippen molar-refractivity contribution in [2.45, 2.75) is 64.6 Å². The maximum atomic E-state index is 13.8. The fourth-order valence-corrected chi connectivity index (χ4v) is 5.54. The summed E-state index contributed by atoms with van der Waals surface area (Å²) in [4.78, 5) is 28.7. The standard InChI is InChI=1S/C27H38N4O4S/c1-5-25(27(33)28-23-11-9-10-12-23)30(19-22-17-15-21(2)16-18-22)26(32)20-31(36(34,35)29(3)4)24-13-7-6-8-14-24/h6-8,13-18,23,25H,5,9-12,19-20H2,1-4H3,(H,28,33). The van der Waals surface area contributed by atoms with Gasteiger partial charge in [0.15, 0.2) is 0 Å². The van der Waals surface area contributed by atoms with Crippen molar-refractivity contribution in [3.05, 3.63) is 65.7 Å². The van der Waals surface area contributed by atoms with Crippen LogP contribution in [-0.2, 0) is 26.3 Å². The van der Waals surface area contributed by atoms with Gasteiger partial charge >= 0.3 is 10.2 Å². The molecule has 3 rings (SSSR count). The molecular formula is C27H38N4O4S. The predicted octanol–water partition coefficient (Wildman–Crippen LogP) is 3.47. The van der Waals surface area contributed by atoms with Gasteiger partial charge in [0, 0.05) is 26.7 Å². The molecule has 0 aromatic heterocycles. The molecule has 196 valence electrons. The van der Waals surface area contributed by atoms with Crippen molar-refractivity contribution in [1.82, 2.24) is 14.5 Å². The molecule has 1 unspecified atom stereocenters. The van der Waals surface area contributed by atoms with E-state index in [0.717, 1.165) is 45.4 Å². The molecule has 8 nitrogen and oxygen atoms in total. The second-order valence-electron chi connectivity index (χ2n) is 9.55. The third kappa shape index (κ3) is 6.85. The first-order valence-electron chi connectivity index (χ1n) is 12.5. The van der Waals surface area contributed by atoms with E-state index in [-0.39, 0.29) is 18.5 Å². The highest BCUT2D eigenvalue weighted by molar-refractivity contribution is 7.90. The van der Waals surface area contributed by atoms with Crippen LogP contribution in [-0.4, -0.2) is 62.2 Å². The van der Waals surface area contributed by atoms with E-state index in [1.165, 1.54) is 19.0 Å². The number of nitrogens with one attached hydrogen (secondary N) is 1. The lowest BCUT2D eigenvalue weighted by Gasteiger charge is -2.34. The highest BCUT2D eigenvalue weighted by atomic mass is 32.2. The maximum absolute atomic E-state index is 13.8. The Morgan fingerprint density at radius 2 is 1.61 bits per heavy atom. The van der Waals surface area contributed by atoms with Gasteiger partial charge in [0.2, 0.25) is 11.8 Å². The topological polar surface area (TPSA) is 90.0 Å². The van der Waals surface area contributed by atoms with Crippen LogP contribution in [0.5, 0.6) is 0 Å². The van der Waals surface area contributed by atoms with Gasteiger partial charge in [-0.1, -0.05) is 67.8 Å². The SMILES string of the molecule is CCC(C(=O)NC1CCCC1)N(Cc1ccc(C)cc1)C(=O)CN(c1ccccc1)S(=O)(=O)N(C)C. The summed E-state index contributed by atoms with van der Waals surface area (Å²) in [5, 5.41) is 3.12. The number of hydrogen-bond acceptors (Lipinski definition) is 4. The van der Waals surface area contributed by atoms with E-state index in [1.807, 2.05) is 38.1 Å². The van der Waals surface area contributed by atoms with Crippen LogP contribution in [0.2, 0.25) is 0 Å². The predicted molar refractivity (Wildman–Crippen MR) is 143 cm³/mol. The fourth-order valence-electron chi connectivity index (χ4n) is 4.49. The number of aryl methyl sites for hydroxylation is 1. The van der Waals surface area contributed by atoms with Gasteiger partial charge in [0.05, 0.1) is 5.69 Å². The molecule has 0 spiro atoms. The zero-order valence-corrected chi connectivity index (χ0v) is 22.5. The smallest absolute Gasteiger partial charge is 0.304 e. The minimum absolute atomic E-state index is 0.123. The Morgan fingerprint density at radius 3 is 2.17 bits per heavy atom. The van der Waals surface area contributed by atoms with Crippen LogP contribution in [0.4, 0.5) is 5.69 Å². The summed E-state index contributed by atoms with van der Waals surface area (Å²) in [6, 6.07) is 15.8. The average molecular weight is 515 g/mol. The number of amides is 2. The van der Waals surface area contributed by atoms with Gasteiger partial charge in [-0.2, -0.15) is 12.7 Å². The molecular weight excluding hydrogens is 476 g/mol. The Labute approximate surface area is 215 Å². The van der Waals surface area contributed by atoms with Gasteiger partial charge in [0.1, 0.15) is 12.6 Å². The molecule has 36 heavy (non-hydrogen) atoms. The van der Waals surface area contributed by atoms with E-state index >= 15 is 0 Å². The summed E-state index contributed by atoms with van der Waals surface area (Å²) in [6.07, 6.45) is 4.47. The summed E-state index contributed by atoms with van der Waals surface area (Å²) in [6.45, 7) is 3.66. The molecule has 1 fully saturated rings. The Kier molecular flexibility index (Phi) is 9.50. The van der Waals surface area contributed by atoms with Crippen molar-refractivity contribution in [3.8, 4) is 0 Å². The monoisotopic (exact) mass is 514 g/mol. The fraction of sp³-hybridized carbons (Fsp3) is 0.481. The minimum atomic E-state index is -3.95. The van der Waals surface area contributed by atoms with Gasteiger partial charge in [-0.05, 0) is 43.9 Å². The van der Waals surface area contributed by atoms with Crippen LogP contribution >= 0.6 is 0 Å². The molecule has 1 saturated carbocycles. The molecule has 0 bridgehead atoms. The van der Waals surface area contributed by atoms with Crippen LogP contribution in [0.3, 0.4) is 0 Å². The van der Waals surface area contributed by atoms with Crippen molar-refractivity contribution in [2.24, 2.45) is 0 Å². The summed E-state index contributed by atoms with van der Waals surface area (Å²) in [5.74, 6) is -0.620. The Bertz CT molecular complexity index is 1110. The van der Waals surface area contributed by atoms with E-state index in [9.17, 15) is 18.0 Å². The summed E-state index contributed by atoms with van der Waals surface area (Å²) in [7, 11) is -1.08. The number of carbonyl (C=O) groups excluding carboxylic acids is 2. The lowest BCUT2D eigenvalue weighted by Crippen LogP contribution is -2.54. The van der Waals surface area contributed by atoms with E-state index in [1.54, 1.807) is 30.3 Å². The lowest BCUT2D eigenvalue weighted by atomic mass is 10.1. The van der Waals surface area contributed by atoms with E-state index < -0.39 is 28.7 Å². The summed E-state index contributed by atoms with van der Waals surface area (Å²) in [5.41, 5.74) is 2.36. The van der Waals surface area contributed by atoms with Gasteiger partial charge in [-0.15, -0.1) is 0 Å². The van der Waals surface area contributed by atoms with Crippen molar-refractivity contribution in [3.63, 3.8) is 0 Å². The van der Waals surface area contributed by atoms with Gasteiger partial charge in [0.25, 0.3) is 0 Å². The second-order valence-corrected chi connectivity index (χ2v) is 11.6.